The highest BCUT2D eigenvalue weighted by Gasteiger charge is 2.11. The third kappa shape index (κ3) is 3.84. The molecule has 0 unspecified atom stereocenters. The van der Waals surface area contributed by atoms with Crippen LogP contribution in [-0.4, -0.2) is 27.0 Å². The Bertz CT molecular complexity index is 1100. The lowest BCUT2D eigenvalue weighted by Gasteiger charge is -2.00. The summed E-state index contributed by atoms with van der Waals surface area (Å²) in [7, 11) is 0. The lowest BCUT2D eigenvalue weighted by molar-refractivity contribution is 0.0955. The summed E-state index contributed by atoms with van der Waals surface area (Å²) in [5.41, 5.74) is 5.43. The number of phenols is 1. The molecule has 0 aliphatic heterocycles. The molecule has 0 aliphatic carbocycles. The van der Waals surface area contributed by atoms with Gasteiger partial charge in [0.2, 0.25) is 0 Å². The Balaban J connectivity index is 1.60. The Kier molecular flexibility index (Phi) is 4.99. The first-order valence-corrected chi connectivity index (χ1v) is 9.40. The molecule has 2 aromatic heterocycles. The van der Waals surface area contributed by atoms with Crippen molar-refractivity contribution in [3.8, 4) is 22.0 Å². The van der Waals surface area contributed by atoms with E-state index >= 15 is 0 Å². The van der Waals surface area contributed by atoms with Gasteiger partial charge in [0.05, 0.1) is 6.21 Å². The molecule has 0 saturated carbocycles. The van der Waals surface area contributed by atoms with Gasteiger partial charge in [-0.25, -0.2) is 10.1 Å². The zero-order chi connectivity index (χ0) is 19.3. The van der Waals surface area contributed by atoms with Gasteiger partial charge in [0, 0.05) is 22.9 Å². The number of thiophene rings is 1. The maximum Gasteiger partial charge on any atom is 0.271 e. The van der Waals surface area contributed by atoms with Crippen molar-refractivity contribution in [3.63, 3.8) is 0 Å². The third-order valence-electron chi connectivity index (χ3n) is 4.02. The number of rotatable bonds is 5. The molecule has 0 spiro atoms. The zero-order valence-corrected chi connectivity index (χ0v) is 15.5. The lowest BCUT2D eigenvalue weighted by Crippen LogP contribution is -2.17. The average molecular weight is 388 g/mol. The first-order valence-electron chi connectivity index (χ1n) is 8.52. The van der Waals surface area contributed by atoms with E-state index in [4.69, 9.17) is 0 Å². The van der Waals surface area contributed by atoms with Gasteiger partial charge in [-0.15, -0.1) is 11.3 Å². The SMILES string of the molecule is O=C(N/N=C/c1cn(-c2cccs2)nc1-c1ccccc1)c1ccc(O)cc1. The molecule has 138 valence electrons. The van der Waals surface area contributed by atoms with E-state index in [0.717, 1.165) is 21.8 Å². The van der Waals surface area contributed by atoms with Gasteiger partial charge in [0.25, 0.3) is 5.91 Å². The normalized spacial score (nSPS) is 11.0. The molecular weight excluding hydrogens is 372 g/mol. The Morgan fingerprint density at radius 2 is 1.86 bits per heavy atom. The highest BCUT2D eigenvalue weighted by atomic mass is 32.1. The smallest absolute Gasteiger partial charge is 0.271 e. The van der Waals surface area contributed by atoms with Gasteiger partial charge in [-0.1, -0.05) is 30.3 Å². The second kappa shape index (κ2) is 7.89. The molecule has 0 bridgehead atoms. The minimum atomic E-state index is -0.358. The second-order valence-corrected chi connectivity index (χ2v) is 6.87. The van der Waals surface area contributed by atoms with Gasteiger partial charge in [-0.05, 0) is 41.8 Å². The second-order valence-electron chi connectivity index (χ2n) is 5.94. The summed E-state index contributed by atoms with van der Waals surface area (Å²) >= 11 is 1.59. The van der Waals surface area contributed by atoms with Crippen molar-refractivity contribution in [3.05, 3.63) is 89.4 Å². The zero-order valence-electron chi connectivity index (χ0n) is 14.7. The Morgan fingerprint density at radius 1 is 1.07 bits per heavy atom. The summed E-state index contributed by atoms with van der Waals surface area (Å²) in [5, 5.41) is 21.1. The molecule has 0 fully saturated rings. The van der Waals surface area contributed by atoms with Crippen molar-refractivity contribution < 1.29 is 9.90 Å². The van der Waals surface area contributed by atoms with Crippen LogP contribution in [0.1, 0.15) is 15.9 Å². The number of hydrogen-bond donors (Lipinski definition) is 2. The summed E-state index contributed by atoms with van der Waals surface area (Å²) in [6, 6.07) is 19.7. The van der Waals surface area contributed by atoms with Crippen molar-refractivity contribution in [2.24, 2.45) is 5.10 Å². The molecule has 0 radical (unpaired) electrons. The van der Waals surface area contributed by atoms with Crippen LogP contribution in [0.15, 0.2) is 83.4 Å². The predicted octanol–water partition coefficient (Wildman–Crippen LogP) is 4.07. The topological polar surface area (TPSA) is 79.5 Å². The van der Waals surface area contributed by atoms with Crippen LogP contribution in [0.4, 0.5) is 0 Å². The van der Waals surface area contributed by atoms with E-state index in [9.17, 15) is 9.90 Å². The summed E-state index contributed by atoms with van der Waals surface area (Å²) in [6.45, 7) is 0. The number of carbonyl (C=O) groups excluding carboxylic acids is 1. The molecule has 4 rings (SSSR count). The van der Waals surface area contributed by atoms with Crippen molar-refractivity contribution >= 4 is 23.5 Å². The lowest BCUT2D eigenvalue weighted by atomic mass is 10.1. The maximum atomic E-state index is 12.2. The van der Waals surface area contributed by atoms with Gasteiger partial charge in [-0.2, -0.15) is 10.2 Å². The Hall–Kier alpha value is -3.71. The first kappa shape index (κ1) is 17.7. The van der Waals surface area contributed by atoms with Crippen LogP contribution in [-0.2, 0) is 0 Å². The molecule has 2 N–H and O–H groups in total. The fraction of sp³-hybridized carbons (Fsp3) is 0. The van der Waals surface area contributed by atoms with Crippen LogP contribution in [0.5, 0.6) is 5.75 Å². The van der Waals surface area contributed by atoms with Crippen LogP contribution in [0.2, 0.25) is 0 Å². The molecule has 6 nitrogen and oxygen atoms in total. The molecule has 0 aliphatic rings. The van der Waals surface area contributed by atoms with E-state index in [-0.39, 0.29) is 11.7 Å². The van der Waals surface area contributed by atoms with Gasteiger partial charge in [0.1, 0.15) is 16.4 Å². The number of benzene rings is 2. The molecule has 7 heteroatoms. The van der Waals surface area contributed by atoms with E-state index in [0.29, 0.717) is 5.56 Å². The maximum absolute atomic E-state index is 12.2. The number of amides is 1. The number of nitrogens with one attached hydrogen (secondary N) is 1. The van der Waals surface area contributed by atoms with E-state index < -0.39 is 0 Å². The van der Waals surface area contributed by atoms with E-state index in [1.807, 2.05) is 54.0 Å². The standard InChI is InChI=1S/C21H16N4O2S/c26-18-10-8-16(9-11-18)21(27)23-22-13-17-14-25(19-7-4-12-28-19)24-20(17)15-5-2-1-3-6-15/h1-14,26H,(H,23,27)/b22-13+. The fourth-order valence-corrected chi connectivity index (χ4v) is 3.31. The van der Waals surface area contributed by atoms with E-state index in [1.165, 1.54) is 24.3 Å². The average Bonchev–Trinajstić information content (AvgIpc) is 3.39. The third-order valence-corrected chi connectivity index (χ3v) is 4.88. The van der Waals surface area contributed by atoms with Gasteiger partial charge >= 0.3 is 0 Å². The first-order chi connectivity index (χ1) is 13.7. The quantitative estimate of drug-likeness (QED) is 0.399. The number of hydrogen-bond acceptors (Lipinski definition) is 5. The van der Waals surface area contributed by atoms with Crippen molar-refractivity contribution in [2.75, 3.05) is 0 Å². The van der Waals surface area contributed by atoms with Crippen LogP contribution >= 0.6 is 11.3 Å². The number of carbonyl (C=O) groups is 1. The number of phenolic OH excluding ortho intramolecular Hbond substituents is 1. The van der Waals surface area contributed by atoms with Crippen molar-refractivity contribution in [1.29, 1.82) is 0 Å². The Morgan fingerprint density at radius 3 is 2.57 bits per heavy atom. The molecule has 0 saturated heterocycles. The molecule has 2 heterocycles. The van der Waals surface area contributed by atoms with Crippen LogP contribution in [0.25, 0.3) is 16.3 Å². The van der Waals surface area contributed by atoms with Gasteiger partial charge < -0.3 is 5.11 Å². The number of hydrazone groups is 1. The van der Waals surface area contributed by atoms with Crippen LogP contribution in [0.3, 0.4) is 0 Å². The van der Waals surface area contributed by atoms with Gasteiger partial charge in [-0.3, -0.25) is 4.79 Å². The predicted molar refractivity (Wildman–Crippen MR) is 110 cm³/mol. The number of aromatic hydroxyl groups is 1. The van der Waals surface area contributed by atoms with Crippen LogP contribution < -0.4 is 5.43 Å². The summed E-state index contributed by atoms with van der Waals surface area (Å²) in [6.07, 6.45) is 3.46. The minimum Gasteiger partial charge on any atom is -0.508 e. The summed E-state index contributed by atoms with van der Waals surface area (Å²) in [4.78, 5) is 12.2. The monoisotopic (exact) mass is 388 g/mol. The van der Waals surface area contributed by atoms with Crippen LogP contribution in [0, 0.1) is 0 Å². The molecular formula is C21H16N4O2S. The van der Waals surface area contributed by atoms with Gasteiger partial charge in [0.15, 0.2) is 0 Å². The minimum absolute atomic E-state index is 0.105. The Labute approximate surface area is 165 Å². The fourth-order valence-electron chi connectivity index (χ4n) is 2.65. The molecule has 4 aromatic rings. The molecule has 0 atom stereocenters. The summed E-state index contributed by atoms with van der Waals surface area (Å²) in [5.74, 6) is -0.253. The number of nitrogens with zero attached hydrogens (tertiary/aromatic N) is 3. The van der Waals surface area contributed by atoms with Crippen molar-refractivity contribution in [2.45, 2.75) is 0 Å². The highest BCUT2D eigenvalue weighted by molar-refractivity contribution is 7.12. The molecule has 28 heavy (non-hydrogen) atoms. The van der Waals surface area contributed by atoms with E-state index in [1.54, 1.807) is 22.2 Å². The van der Waals surface area contributed by atoms with E-state index in [2.05, 4.69) is 15.6 Å². The molecule has 2 aromatic carbocycles. The largest absolute Gasteiger partial charge is 0.508 e. The summed E-state index contributed by atoms with van der Waals surface area (Å²) < 4.78 is 1.80. The highest BCUT2D eigenvalue weighted by Crippen LogP contribution is 2.24. The molecule has 1 amide bonds. The number of aromatic nitrogens is 2. The van der Waals surface area contributed by atoms with Crippen molar-refractivity contribution in [1.82, 2.24) is 15.2 Å².